The van der Waals surface area contributed by atoms with E-state index in [1.165, 1.54) is 36.5 Å². The number of alkyl halides is 2. The third kappa shape index (κ3) is 5.09. The highest BCUT2D eigenvalue weighted by Gasteiger charge is 2.39. The molecule has 2 aromatic rings. The molecule has 2 heterocycles. The number of aliphatic hydroxyl groups excluding tert-OH is 1. The van der Waals surface area contributed by atoms with E-state index < -0.39 is 18.0 Å². The summed E-state index contributed by atoms with van der Waals surface area (Å²) in [5, 5.41) is 19.0. The molecule has 2 N–H and O–H groups in total. The van der Waals surface area contributed by atoms with Crippen LogP contribution in [0.5, 0.6) is 0 Å². The number of carbonyl (C=O) groups excluding carboxylic acids is 1. The maximum absolute atomic E-state index is 14.4. The quantitative estimate of drug-likeness (QED) is 0.588. The Kier molecular flexibility index (Phi) is 6.94. The summed E-state index contributed by atoms with van der Waals surface area (Å²) < 4.78 is 28.8. The fourth-order valence-electron chi connectivity index (χ4n) is 3.38. The number of aryl methyl sites for hydroxylation is 1. The van der Waals surface area contributed by atoms with Gasteiger partial charge in [-0.1, -0.05) is 42.5 Å². The zero-order valence-electron chi connectivity index (χ0n) is 16.1. The molecule has 0 radical (unpaired) electrons. The zero-order chi connectivity index (χ0) is 21.7. The Morgan fingerprint density at radius 2 is 2.10 bits per heavy atom. The molecule has 1 amide bonds. The SMILES string of the molecule is O=C(O)c1ncc(CCCN2C(=O)CCC2C=CC(O)C(F)(F)c2ccccc2)s1. The van der Waals surface area contributed by atoms with Crippen LogP contribution < -0.4 is 0 Å². The number of aromatic nitrogens is 1. The molecule has 2 atom stereocenters. The van der Waals surface area contributed by atoms with Crippen molar-refractivity contribution in [2.24, 2.45) is 0 Å². The Labute approximate surface area is 176 Å². The van der Waals surface area contributed by atoms with Crippen molar-refractivity contribution >= 4 is 23.2 Å². The average Bonchev–Trinajstić information content (AvgIpc) is 3.34. The highest BCUT2D eigenvalue weighted by atomic mass is 32.1. The van der Waals surface area contributed by atoms with Gasteiger partial charge in [0.2, 0.25) is 10.9 Å². The van der Waals surface area contributed by atoms with E-state index in [9.17, 15) is 23.5 Å². The molecular formula is C21H22F2N2O4S. The van der Waals surface area contributed by atoms with Crippen molar-refractivity contribution in [1.82, 2.24) is 9.88 Å². The second-order valence-electron chi connectivity index (χ2n) is 7.05. The summed E-state index contributed by atoms with van der Waals surface area (Å²) in [7, 11) is 0. The molecule has 0 bridgehead atoms. The van der Waals surface area contributed by atoms with Gasteiger partial charge in [-0.2, -0.15) is 8.78 Å². The van der Waals surface area contributed by atoms with Gasteiger partial charge in [0, 0.05) is 29.6 Å². The van der Waals surface area contributed by atoms with Gasteiger partial charge in [-0.3, -0.25) is 4.79 Å². The molecule has 6 nitrogen and oxygen atoms in total. The van der Waals surface area contributed by atoms with Crippen molar-refractivity contribution in [3.05, 3.63) is 64.1 Å². The van der Waals surface area contributed by atoms with Gasteiger partial charge < -0.3 is 15.1 Å². The number of aliphatic hydroxyl groups is 1. The lowest BCUT2D eigenvalue weighted by atomic mass is 10.0. The molecule has 9 heteroatoms. The minimum absolute atomic E-state index is 0.0244. The van der Waals surface area contributed by atoms with Crippen LogP contribution in [0.2, 0.25) is 0 Å². The van der Waals surface area contributed by atoms with Crippen LogP contribution in [0.3, 0.4) is 0 Å². The van der Waals surface area contributed by atoms with E-state index in [1.54, 1.807) is 11.0 Å². The number of nitrogens with zero attached hydrogens (tertiary/aromatic N) is 2. The summed E-state index contributed by atoms with van der Waals surface area (Å²) in [5.41, 5.74) is -0.271. The molecule has 2 unspecified atom stereocenters. The number of rotatable bonds is 9. The lowest BCUT2D eigenvalue weighted by molar-refractivity contribution is -0.128. The van der Waals surface area contributed by atoms with E-state index in [2.05, 4.69) is 4.98 Å². The number of hydrogen-bond acceptors (Lipinski definition) is 5. The van der Waals surface area contributed by atoms with E-state index in [1.807, 2.05) is 0 Å². The van der Waals surface area contributed by atoms with Crippen LogP contribution in [0.25, 0.3) is 0 Å². The summed E-state index contributed by atoms with van der Waals surface area (Å²) in [4.78, 5) is 29.3. The number of likely N-dealkylation sites (tertiary alicyclic amines) is 1. The van der Waals surface area contributed by atoms with Crippen molar-refractivity contribution in [1.29, 1.82) is 0 Å². The third-order valence-corrected chi connectivity index (χ3v) is 6.02. The topological polar surface area (TPSA) is 90.7 Å². The first-order valence-corrected chi connectivity index (χ1v) is 10.4. The van der Waals surface area contributed by atoms with Gasteiger partial charge in [-0.15, -0.1) is 11.3 Å². The molecule has 1 aromatic heterocycles. The largest absolute Gasteiger partial charge is 0.476 e. The zero-order valence-corrected chi connectivity index (χ0v) is 16.9. The van der Waals surface area contributed by atoms with Crippen LogP contribution in [-0.2, 0) is 17.1 Å². The van der Waals surface area contributed by atoms with Crippen LogP contribution in [0.15, 0.2) is 48.7 Å². The van der Waals surface area contributed by atoms with E-state index in [4.69, 9.17) is 5.11 Å². The number of thiazole rings is 1. The molecule has 1 saturated heterocycles. The summed E-state index contributed by atoms with van der Waals surface area (Å²) in [6.07, 6.45) is 4.04. The van der Waals surface area contributed by atoms with Crippen molar-refractivity contribution in [3.63, 3.8) is 0 Å². The van der Waals surface area contributed by atoms with Gasteiger partial charge in [-0.05, 0) is 19.3 Å². The Morgan fingerprint density at radius 1 is 1.37 bits per heavy atom. The number of halogens is 2. The molecule has 0 saturated carbocycles. The molecular weight excluding hydrogens is 414 g/mol. The molecule has 160 valence electrons. The van der Waals surface area contributed by atoms with Crippen LogP contribution in [-0.4, -0.2) is 50.7 Å². The summed E-state index contributed by atoms with van der Waals surface area (Å²) in [6, 6.07) is 6.77. The van der Waals surface area contributed by atoms with Crippen molar-refractivity contribution in [3.8, 4) is 0 Å². The molecule has 30 heavy (non-hydrogen) atoms. The first kappa shape index (κ1) is 22.0. The summed E-state index contributed by atoms with van der Waals surface area (Å²) in [5.74, 6) is -4.57. The molecule has 0 aliphatic carbocycles. The Bertz CT molecular complexity index is 917. The first-order chi connectivity index (χ1) is 14.3. The van der Waals surface area contributed by atoms with Gasteiger partial charge in [-0.25, -0.2) is 9.78 Å². The summed E-state index contributed by atoms with van der Waals surface area (Å²) >= 11 is 1.10. The third-order valence-electron chi connectivity index (χ3n) is 4.98. The molecule has 1 aliphatic rings. The monoisotopic (exact) mass is 436 g/mol. The number of carboxylic acid groups (broad SMARTS) is 1. The van der Waals surface area contributed by atoms with Crippen molar-refractivity contribution in [2.75, 3.05) is 6.54 Å². The number of aromatic carboxylic acids is 1. The second kappa shape index (κ2) is 9.44. The predicted molar refractivity (Wildman–Crippen MR) is 108 cm³/mol. The molecule has 1 aromatic carbocycles. The maximum Gasteiger partial charge on any atom is 0.365 e. The van der Waals surface area contributed by atoms with Gasteiger partial charge >= 0.3 is 11.9 Å². The van der Waals surface area contributed by atoms with Crippen LogP contribution in [0.4, 0.5) is 8.78 Å². The molecule has 0 spiro atoms. The van der Waals surface area contributed by atoms with Gasteiger partial charge in [0.15, 0.2) is 0 Å². The number of benzene rings is 1. The molecule has 1 aliphatic heterocycles. The van der Waals surface area contributed by atoms with E-state index in [-0.39, 0.29) is 22.5 Å². The Morgan fingerprint density at radius 3 is 2.77 bits per heavy atom. The lowest BCUT2D eigenvalue weighted by Gasteiger charge is -2.24. The van der Waals surface area contributed by atoms with Crippen LogP contribution in [0, 0.1) is 0 Å². The number of amides is 1. The Hall–Kier alpha value is -2.65. The number of carbonyl (C=O) groups is 2. The number of hydrogen-bond donors (Lipinski definition) is 2. The smallest absolute Gasteiger partial charge is 0.365 e. The maximum atomic E-state index is 14.4. The second-order valence-corrected chi connectivity index (χ2v) is 8.17. The molecule has 1 fully saturated rings. The minimum atomic E-state index is -3.43. The standard InChI is InChI=1S/C21H22F2N2O4S/c22-21(23,14-5-2-1-3-6-14)17(26)10-8-15-9-11-18(27)25(15)12-4-7-16-13-24-19(30-16)20(28)29/h1-3,5-6,8,10,13,15,17,26H,4,7,9,11-12H2,(H,28,29). The normalized spacial score (nSPS) is 18.3. The van der Waals surface area contributed by atoms with E-state index in [0.29, 0.717) is 32.2 Å². The minimum Gasteiger partial charge on any atom is -0.476 e. The van der Waals surface area contributed by atoms with Crippen molar-refractivity contribution in [2.45, 2.75) is 43.8 Å². The molecule has 3 rings (SSSR count). The predicted octanol–water partition coefficient (Wildman–Crippen LogP) is 3.47. The van der Waals surface area contributed by atoms with Gasteiger partial charge in [0.1, 0.15) is 6.10 Å². The van der Waals surface area contributed by atoms with Gasteiger partial charge in [0.05, 0.1) is 6.04 Å². The lowest BCUT2D eigenvalue weighted by Crippen LogP contribution is -2.34. The summed E-state index contributed by atoms with van der Waals surface area (Å²) in [6.45, 7) is 0.416. The van der Waals surface area contributed by atoms with Crippen molar-refractivity contribution < 1.29 is 28.6 Å². The first-order valence-electron chi connectivity index (χ1n) is 9.56. The fourth-order valence-corrected chi connectivity index (χ4v) is 4.17. The van der Waals surface area contributed by atoms with E-state index >= 15 is 0 Å². The van der Waals surface area contributed by atoms with Crippen LogP contribution in [0.1, 0.15) is 39.5 Å². The highest BCUT2D eigenvalue weighted by molar-refractivity contribution is 7.13. The van der Waals surface area contributed by atoms with E-state index in [0.717, 1.165) is 22.3 Å². The Balaban J connectivity index is 1.58. The van der Waals surface area contributed by atoms with Gasteiger partial charge in [0.25, 0.3) is 0 Å². The average molecular weight is 436 g/mol. The fraction of sp³-hybridized carbons (Fsp3) is 0.381. The highest BCUT2D eigenvalue weighted by Crippen LogP contribution is 2.32. The van der Waals surface area contributed by atoms with Crippen LogP contribution >= 0.6 is 11.3 Å². The number of carboxylic acids is 1.